The molecule has 10 aromatic rings. The molecule has 0 radical (unpaired) electrons. The zero-order valence-electron chi connectivity index (χ0n) is 68.7. The number of anilines is 10. The molecule has 44 heteroatoms. The number of hydrogen-bond donors (Lipinski definition) is 15. The summed E-state index contributed by atoms with van der Waals surface area (Å²) in [6.45, 7) is 2.76. The summed E-state index contributed by atoms with van der Waals surface area (Å²) in [7, 11) is 19.8. The van der Waals surface area contributed by atoms with Crippen molar-refractivity contribution in [2.75, 3.05) is 107 Å². The van der Waals surface area contributed by atoms with Crippen molar-refractivity contribution >= 4 is 146 Å². The van der Waals surface area contributed by atoms with Crippen molar-refractivity contribution in [3.8, 4) is 0 Å². The molecule has 0 saturated carbocycles. The van der Waals surface area contributed by atoms with E-state index in [1.807, 2.05) is 19.0 Å². The largest absolute Gasteiger partial charge is 0.356 e. The van der Waals surface area contributed by atoms with Crippen LogP contribution in [-0.4, -0.2) is 207 Å². The van der Waals surface area contributed by atoms with E-state index in [-0.39, 0.29) is 168 Å². The Hall–Kier alpha value is -15.4. The Bertz CT molecular complexity index is 5680. The molecular formula is C77H95N29O15. The van der Waals surface area contributed by atoms with Gasteiger partial charge in [-0.2, -0.15) is 0 Å². The summed E-state index contributed by atoms with van der Waals surface area (Å²) in [6.07, 6.45) is 15.7. The predicted molar refractivity (Wildman–Crippen MR) is 444 cm³/mol. The molecule has 0 aliphatic heterocycles. The van der Waals surface area contributed by atoms with Crippen LogP contribution in [0.5, 0.6) is 0 Å². The maximum absolute atomic E-state index is 13.6. The molecule has 0 atom stereocenters. The van der Waals surface area contributed by atoms with Crippen molar-refractivity contribution in [1.82, 2.24) is 92.1 Å². The van der Waals surface area contributed by atoms with Crippen molar-refractivity contribution in [3.63, 3.8) is 0 Å². The van der Waals surface area contributed by atoms with E-state index >= 15 is 0 Å². The van der Waals surface area contributed by atoms with Gasteiger partial charge in [-0.05, 0) is 75.9 Å². The summed E-state index contributed by atoms with van der Waals surface area (Å²) in [5.41, 5.74) is 3.41. The first-order chi connectivity index (χ1) is 57.4. The maximum Gasteiger partial charge on any atom is 0.291 e. The molecule has 0 fully saturated rings. The van der Waals surface area contributed by atoms with Crippen molar-refractivity contribution in [1.29, 1.82) is 0 Å². The summed E-state index contributed by atoms with van der Waals surface area (Å²) in [6, 6.07) is 10.2. The second-order valence-electron chi connectivity index (χ2n) is 28.7. The lowest BCUT2D eigenvalue weighted by Crippen LogP contribution is -2.32. The Balaban J connectivity index is 0.598. The number of nitrogens with zero attached hydrogens (tertiary/aromatic N) is 14. The highest BCUT2D eigenvalue weighted by atomic mass is 16.2. The van der Waals surface area contributed by atoms with Gasteiger partial charge in [0.25, 0.3) is 59.1 Å². The van der Waals surface area contributed by atoms with E-state index in [4.69, 9.17) is 0 Å². The maximum atomic E-state index is 13.6. The van der Waals surface area contributed by atoms with Gasteiger partial charge in [0.1, 0.15) is 39.9 Å². The average molecular weight is 1670 g/mol. The zero-order valence-corrected chi connectivity index (χ0v) is 68.7. The SMILES string of the molecule is CC(=O)Nc1cc(C(=O)Nc2cc(C(=O)NCCC(=O)Nc3cc(C(=O)Nc4cn(C)c(C(=O)Nc5cc(C(=O)NCCCC(=O)Nc6cn(C)c(C(=O)Nc7cc(C(=O)Nc8cc(C(=O)NCCC(=O)Nc9cn(C)c(C(=O)Nc%10cc(C(=O)NCCC(=O)NCCCN(C)C)n(C)c%10)n9)n(C)c8)n(C)c7)n6)n(C)c5)n4)n(C)c3)n(C)c2)n(C)c1. The third-order valence-corrected chi connectivity index (χ3v) is 18.5. The number of rotatable bonds is 37. The van der Waals surface area contributed by atoms with Gasteiger partial charge >= 0.3 is 0 Å². The quantitative estimate of drug-likeness (QED) is 0.0249. The van der Waals surface area contributed by atoms with Gasteiger partial charge in [0, 0.05) is 198 Å². The fraction of sp³-hybridized carbons (Fsp3) is 0.325. The van der Waals surface area contributed by atoms with Crippen molar-refractivity contribution in [3.05, 3.63) is 162 Å². The van der Waals surface area contributed by atoms with Crippen molar-refractivity contribution < 1.29 is 71.9 Å². The molecule has 10 rings (SSSR count). The molecule has 0 saturated heterocycles. The monoisotopic (exact) mass is 1670 g/mol. The second kappa shape index (κ2) is 39.0. The summed E-state index contributed by atoms with van der Waals surface area (Å²) < 4.78 is 14.7. The predicted octanol–water partition coefficient (Wildman–Crippen LogP) is 2.58. The Labute approximate surface area is 691 Å². The highest BCUT2D eigenvalue weighted by Crippen LogP contribution is 2.24. The van der Waals surface area contributed by atoms with E-state index in [1.54, 1.807) is 93.6 Å². The van der Waals surface area contributed by atoms with Gasteiger partial charge in [0.05, 0.1) is 39.8 Å². The van der Waals surface area contributed by atoms with Crippen molar-refractivity contribution in [2.24, 2.45) is 70.5 Å². The van der Waals surface area contributed by atoms with Gasteiger partial charge in [-0.15, -0.1) is 0 Å². The third-order valence-electron chi connectivity index (χ3n) is 18.5. The zero-order chi connectivity index (χ0) is 87.8. The Morgan fingerprint density at radius 1 is 0.264 bits per heavy atom. The van der Waals surface area contributed by atoms with Crippen LogP contribution in [0.3, 0.4) is 0 Å². The molecule has 0 aromatic carbocycles. The van der Waals surface area contributed by atoms with Gasteiger partial charge < -0.3 is 130 Å². The summed E-state index contributed by atoms with van der Waals surface area (Å²) in [5, 5.41) is 40.5. The minimum Gasteiger partial charge on any atom is -0.356 e. The van der Waals surface area contributed by atoms with E-state index < -0.39 is 76.8 Å². The van der Waals surface area contributed by atoms with Gasteiger partial charge in [0.15, 0.2) is 17.5 Å². The number of aromatic nitrogens is 13. The van der Waals surface area contributed by atoms with Crippen LogP contribution in [0, 0.1) is 0 Å². The lowest BCUT2D eigenvalue weighted by atomic mass is 10.3. The molecular weight excluding hydrogens is 1570 g/mol. The molecule has 0 bridgehead atoms. The molecule has 121 heavy (non-hydrogen) atoms. The van der Waals surface area contributed by atoms with Crippen LogP contribution >= 0.6 is 0 Å². The number of aryl methyl sites for hydroxylation is 10. The first kappa shape index (κ1) is 88.0. The summed E-state index contributed by atoms with van der Waals surface area (Å²) >= 11 is 0. The van der Waals surface area contributed by atoms with Crippen LogP contribution in [0.4, 0.5) is 57.3 Å². The Morgan fingerprint density at radius 2 is 0.521 bits per heavy atom. The van der Waals surface area contributed by atoms with Crippen LogP contribution in [0.15, 0.2) is 104 Å². The van der Waals surface area contributed by atoms with Crippen LogP contribution in [0.1, 0.15) is 151 Å². The molecule has 0 spiro atoms. The Morgan fingerprint density at radius 3 is 0.851 bits per heavy atom. The van der Waals surface area contributed by atoms with Crippen LogP contribution in [0.2, 0.25) is 0 Å². The third kappa shape index (κ3) is 23.5. The molecule has 0 aliphatic carbocycles. The summed E-state index contributed by atoms with van der Waals surface area (Å²) in [4.78, 5) is 210. The van der Waals surface area contributed by atoms with Crippen LogP contribution < -0.4 is 79.8 Å². The lowest BCUT2D eigenvalue weighted by Gasteiger charge is -2.10. The highest BCUT2D eigenvalue weighted by Gasteiger charge is 2.26. The van der Waals surface area contributed by atoms with Crippen LogP contribution in [-0.2, 0) is 94.4 Å². The number of carbonyl (C=O) groups is 15. The number of carbonyl (C=O) groups excluding carboxylic acids is 15. The molecule has 15 N–H and O–H groups in total. The van der Waals surface area contributed by atoms with E-state index in [2.05, 4.69) is 94.7 Å². The number of nitrogens with one attached hydrogen (secondary N) is 15. The van der Waals surface area contributed by atoms with E-state index in [1.165, 1.54) is 134 Å². The smallest absolute Gasteiger partial charge is 0.291 e. The number of hydrogen-bond acceptors (Lipinski definition) is 19. The molecule has 15 amide bonds. The Kier molecular flexibility index (Phi) is 28.4. The molecule has 638 valence electrons. The van der Waals surface area contributed by atoms with Gasteiger partial charge in [0.2, 0.25) is 47.0 Å². The fourth-order valence-corrected chi connectivity index (χ4v) is 12.6. The highest BCUT2D eigenvalue weighted by molar-refractivity contribution is 6.10. The van der Waals surface area contributed by atoms with Gasteiger partial charge in [-0.1, -0.05) is 0 Å². The number of amides is 15. The minimum absolute atomic E-state index is 0.0287. The minimum atomic E-state index is -0.669. The standard InChI is InChI=1S/C77H95N29O15/c1-43(107)83-44-26-55(101(8)33-44)72(116)85-46-28-52(97(4)35-46)70(114)81-23-18-63(110)84-45-27-57(102(9)34-45)74(118)95-60-42-106(13)67(94-60)77(121)88-48-30-51(99(6)37-48)68(112)79-20-14-16-62(109)90-58-40-104(11)65(92-58)76(120)89-50-32-56(103(10)39-50)73(117)86-47-29-53(98(5)36-47)71(115)82-24-19-64(111)91-59-41-105(12)66(93-59)75(119)87-49-31-54(100(7)38-49)69(113)80-22-17-61(108)78-21-15-25-96(2)3/h26-42H,14-25H2,1-13H3,(H,78,108)(H,79,112)(H,80,113)(H,81,114)(H,82,115)(H,83,107)(H,84,110)(H,85,116)(H,86,117)(H,87,119)(H,88,121)(H,89,120)(H,90,109)(H,91,111)(H,95,118). The lowest BCUT2D eigenvalue weighted by molar-refractivity contribution is -0.121. The number of imidazole rings is 3. The van der Waals surface area contributed by atoms with Gasteiger partial charge in [-0.3, -0.25) is 71.9 Å². The van der Waals surface area contributed by atoms with E-state index in [0.29, 0.717) is 23.6 Å². The first-order valence-electron chi connectivity index (χ1n) is 37.8. The molecule has 10 heterocycles. The topological polar surface area (TPSA) is 528 Å². The average Bonchev–Trinajstić information content (AvgIpc) is 1.69. The van der Waals surface area contributed by atoms with E-state index in [9.17, 15) is 71.9 Å². The fourth-order valence-electron chi connectivity index (χ4n) is 12.6. The summed E-state index contributed by atoms with van der Waals surface area (Å²) in [5.74, 6) is -7.62. The molecule has 44 nitrogen and oxygen atoms in total. The van der Waals surface area contributed by atoms with Crippen molar-refractivity contribution in [2.45, 2.75) is 45.4 Å². The second-order valence-corrected chi connectivity index (χ2v) is 28.7. The van der Waals surface area contributed by atoms with E-state index in [0.717, 1.165) is 13.0 Å². The molecule has 10 aromatic heterocycles. The normalized spacial score (nSPS) is 11.0. The molecule has 0 aliphatic rings. The first-order valence-corrected chi connectivity index (χ1v) is 37.8. The molecule has 0 unspecified atom stereocenters. The van der Waals surface area contributed by atoms with Crippen LogP contribution in [0.25, 0.3) is 0 Å². The van der Waals surface area contributed by atoms with Gasteiger partial charge in [-0.25, -0.2) is 15.0 Å².